The summed E-state index contributed by atoms with van der Waals surface area (Å²) in [6.07, 6.45) is 4.46. The van der Waals surface area contributed by atoms with Crippen molar-refractivity contribution in [1.82, 2.24) is 0 Å². The maximum Gasteiger partial charge on any atom is 0.279 e. The number of Topliss-reactive ketones (excluding diaryl/α,β-unsaturated/α-hetero) is 1. The molecule has 0 aromatic rings. The van der Waals surface area contributed by atoms with E-state index in [9.17, 15) is 20.0 Å². The summed E-state index contributed by atoms with van der Waals surface area (Å²) in [4.78, 5) is 23.2. The van der Waals surface area contributed by atoms with Crippen LogP contribution < -0.4 is 0 Å². The molecule has 2 bridgehead atoms. The third-order valence-electron chi connectivity index (χ3n) is 4.32. The first kappa shape index (κ1) is 12.5. The summed E-state index contributed by atoms with van der Waals surface area (Å²) >= 11 is 0. The van der Waals surface area contributed by atoms with Crippen LogP contribution in [0.2, 0.25) is 0 Å². The van der Waals surface area contributed by atoms with Crippen molar-refractivity contribution in [3.05, 3.63) is 10.1 Å². The maximum atomic E-state index is 12.3. The lowest BCUT2D eigenvalue weighted by atomic mass is 9.70. The number of carbonyl (C=O) groups is 1. The summed E-state index contributed by atoms with van der Waals surface area (Å²) < 4.78 is 0. The van der Waals surface area contributed by atoms with Gasteiger partial charge in [-0.1, -0.05) is 19.3 Å². The monoisotopic (exact) mass is 241 g/mol. The Balaban J connectivity index is 2.32. The molecule has 1 N–H and O–H groups in total. The smallest absolute Gasteiger partial charge is 0.279 e. The van der Waals surface area contributed by atoms with E-state index in [4.69, 9.17) is 0 Å². The lowest BCUT2D eigenvalue weighted by molar-refractivity contribution is -0.557. The Morgan fingerprint density at radius 1 is 1.18 bits per heavy atom. The second-order valence-electron chi connectivity index (χ2n) is 5.32. The number of ketones is 1. The Hall–Kier alpha value is -0.970. The number of rotatable bonds is 1. The van der Waals surface area contributed by atoms with Gasteiger partial charge in [0.2, 0.25) is 5.78 Å². The predicted molar refractivity (Wildman–Crippen MR) is 61.2 cm³/mol. The lowest BCUT2D eigenvalue weighted by Gasteiger charge is -2.35. The second-order valence-corrected chi connectivity index (χ2v) is 5.32. The van der Waals surface area contributed by atoms with Crippen LogP contribution in [-0.2, 0) is 4.79 Å². The van der Waals surface area contributed by atoms with Crippen LogP contribution >= 0.6 is 0 Å². The molecule has 0 saturated heterocycles. The van der Waals surface area contributed by atoms with E-state index in [1.807, 2.05) is 0 Å². The van der Waals surface area contributed by atoms with Crippen molar-refractivity contribution in [3.8, 4) is 0 Å². The second kappa shape index (κ2) is 4.72. The fraction of sp³-hybridized carbons (Fsp3) is 0.917. The van der Waals surface area contributed by atoms with Crippen LogP contribution in [0, 0.1) is 16.0 Å². The summed E-state index contributed by atoms with van der Waals surface area (Å²) in [5, 5.41) is 21.1. The van der Waals surface area contributed by atoms with Gasteiger partial charge in [-0.3, -0.25) is 14.9 Å². The molecule has 2 aliphatic rings. The van der Waals surface area contributed by atoms with Crippen LogP contribution in [0.25, 0.3) is 0 Å². The minimum atomic E-state index is -1.39. The minimum absolute atomic E-state index is 0.205. The highest BCUT2D eigenvalue weighted by Gasteiger charge is 2.56. The number of nitro groups is 1. The molecule has 2 rings (SSSR count). The Morgan fingerprint density at radius 2 is 1.88 bits per heavy atom. The number of fused-ring (bicyclic) bond motifs is 2. The van der Waals surface area contributed by atoms with Crippen molar-refractivity contribution in [3.63, 3.8) is 0 Å². The van der Waals surface area contributed by atoms with Gasteiger partial charge in [-0.25, -0.2) is 0 Å². The standard InChI is InChI=1S/C12H19NO4/c14-10-6-8-12(13(16)17)7-4-2-1-3-5-9(10)11(12)15/h9-10,14H,1-8H2/t9-,10-,12+/m0/s1. The highest BCUT2D eigenvalue weighted by molar-refractivity contribution is 5.90. The Labute approximate surface area is 100 Å². The summed E-state index contributed by atoms with van der Waals surface area (Å²) in [7, 11) is 0. The number of nitrogens with zero attached hydrogens (tertiary/aromatic N) is 1. The van der Waals surface area contributed by atoms with Gasteiger partial charge in [-0.2, -0.15) is 0 Å². The van der Waals surface area contributed by atoms with E-state index in [0.717, 1.165) is 25.7 Å². The van der Waals surface area contributed by atoms with Crippen LogP contribution in [0.15, 0.2) is 0 Å². The van der Waals surface area contributed by atoms with E-state index in [2.05, 4.69) is 0 Å². The molecular weight excluding hydrogens is 222 g/mol. The first-order chi connectivity index (χ1) is 8.08. The molecule has 0 spiro atoms. The van der Waals surface area contributed by atoms with Crippen LogP contribution in [0.3, 0.4) is 0 Å². The molecule has 0 aromatic heterocycles. The van der Waals surface area contributed by atoms with Crippen LogP contribution in [0.4, 0.5) is 0 Å². The Morgan fingerprint density at radius 3 is 2.59 bits per heavy atom. The number of carbonyl (C=O) groups excluding carboxylic acids is 1. The van der Waals surface area contributed by atoms with E-state index < -0.39 is 17.6 Å². The minimum Gasteiger partial charge on any atom is -0.392 e. The van der Waals surface area contributed by atoms with Crippen molar-refractivity contribution in [1.29, 1.82) is 0 Å². The first-order valence-electron chi connectivity index (χ1n) is 6.45. The van der Waals surface area contributed by atoms with Crippen molar-refractivity contribution in [2.75, 3.05) is 0 Å². The molecule has 2 aliphatic carbocycles. The summed E-state index contributed by atoms with van der Waals surface area (Å²) in [6.45, 7) is 0. The van der Waals surface area contributed by atoms with Crippen molar-refractivity contribution in [2.45, 2.75) is 63.0 Å². The fourth-order valence-corrected chi connectivity index (χ4v) is 3.21. The molecular formula is C12H19NO4. The van der Waals surface area contributed by atoms with Crippen LogP contribution in [0.1, 0.15) is 51.4 Å². The van der Waals surface area contributed by atoms with E-state index in [-0.39, 0.29) is 17.1 Å². The maximum absolute atomic E-state index is 12.3. The van der Waals surface area contributed by atoms with Gasteiger partial charge < -0.3 is 5.11 Å². The van der Waals surface area contributed by atoms with Gasteiger partial charge in [0.05, 0.1) is 12.0 Å². The normalized spacial score (nSPS) is 39.0. The molecule has 5 heteroatoms. The molecule has 0 unspecified atom stereocenters. The highest BCUT2D eigenvalue weighted by atomic mass is 16.6. The van der Waals surface area contributed by atoms with Gasteiger partial charge in [-0.15, -0.1) is 0 Å². The van der Waals surface area contributed by atoms with E-state index >= 15 is 0 Å². The van der Waals surface area contributed by atoms with Gasteiger partial charge in [0.1, 0.15) is 0 Å². The average molecular weight is 241 g/mol. The number of hydrogen-bond donors (Lipinski definition) is 1. The zero-order valence-electron chi connectivity index (χ0n) is 9.93. The highest BCUT2D eigenvalue weighted by Crippen LogP contribution is 2.39. The fourth-order valence-electron chi connectivity index (χ4n) is 3.21. The first-order valence-corrected chi connectivity index (χ1v) is 6.45. The molecule has 2 fully saturated rings. The van der Waals surface area contributed by atoms with E-state index in [1.54, 1.807) is 0 Å². The SMILES string of the molecule is O=C1[C@H]2CCCCCC[C@@]1([N+](=O)[O-])CC[C@@H]2O. The number of aliphatic hydroxyl groups is 1. The van der Waals surface area contributed by atoms with Gasteiger partial charge >= 0.3 is 0 Å². The van der Waals surface area contributed by atoms with Gasteiger partial charge in [0, 0.05) is 17.8 Å². The zero-order chi connectivity index (χ0) is 12.5. The molecule has 3 atom stereocenters. The summed E-state index contributed by atoms with van der Waals surface area (Å²) in [6, 6.07) is 0. The van der Waals surface area contributed by atoms with Crippen molar-refractivity contribution < 1.29 is 14.8 Å². The molecule has 0 amide bonds. The molecule has 0 aromatic carbocycles. The van der Waals surface area contributed by atoms with Gasteiger partial charge in [0.15, 0.2) is 0 Å². The van der Waals surface area contributed by atoms with Gasteiger partial charge in [-0.05, 0) is 19.3 Å². The molecule has 0 aliphatic heterocycles. The number of hydrogen-bond acceptors (Lipinski definition) is 4. The largest absolute Gasteiger partial charge is 0.392 e. The number of aliphatic hydroxyl groups excluding tert-OH is 1. The molecule has 0 heterocycles. The van der Waals surface area contributed by atoms with Crippen molar-refractivity contribution >= 4 is 5.78 Å². The van der Waals surface area contributed by atoms with Gasteiger partial charge in [0.25, 0.3) is 5.54 Å². The molecule has 2 saturated carbocycles. The summed E-state index contributed by atoms with van der Waals surface area (Å²) in [5.41, 5.74) is -1.39. The van der Waals surface area contributed by atoms with Crippen LogP contribution in [0.5, 0.6) is 0 Å². The topological polar surface area (TPSA) is 80.4 Å². The predicted octanol–water partition coefficient (Wildman–Crippen LogP) is 1.70. The van der Waals surface area contributed by atoms with E-state index in [1.165, 1.54) is 0 Å². The van der Waals surface area contributed by atoms with E-state index in [0.29, 0.717) is 19.3 Å². The lowest BCUT2D eigenvalue weighted by Crippen LogP contribution is -2.55. The zero-order valence-corrected chi connectivity index (χ0v) is 9.93. The third-order valence-corrected chi connectivity index (χ3v) is 4.32. The summed E-state index contributed by atoms with van der Waals surface area (Å²) in [5.74, 6) is -0.824. The van der Waals surface area contributed by atoms with Crippen LogP contribution in [-0.4, -0.2) is 27.5 Å². The Bertz CT molecular complexity index is 330. The quantitative estimate of drug-likeness (QED) is 0.559. The molecule has 0 radical (unpaired) electrons. The molecule has 17 heavy (non-hydrogen) atoms. The third kappa shape index (κ3) is 2.08. The Kier molecular flexibility index (Phi) is 3.47. The molecule has 96 valence electrons. The average Bonchev–Trinajstić information content (AvgIpc) is 2.33. The molecule has 5 nitrogen and oxygen atoms in total. The van der Waals surface area contributed by atoms with Crippen molar-refractivity contribution in [2.24, 2.45) is 5.92 Å².